The van der Waals surface area contributed by atoms with E-state index in [2.05, 4.69) is 42.0 Å². The fraction of sp³-hybridized carbons (Fsp3) is 0.0476. The molecular formula is C42H30F2N8Pt2. The second-order valence-corrected chi connectivity index (χ2v) is 11.5. The first-order valence-corrected chi connectivity index (χ1v) is 16.3. The van der Waals surface area contributed by atoms with Crippen molar-refractivity contribution in [2.75, 3.05) is 0 Å². The van der Waals surface area contributed by atoms with Crippen molar-refractivity contribution in [2.45, 2.75) is 0 Å². The molecule has 0 spiro atoms. The molecule has 0 saturated carbocycles. The van der Waals surface area contributed by atoms with Crippen LogP contribution >= 0.6 is 0 Å². The molecule has 4 aromatic carbocycles. The molecule has 6 aromatic heterocycles. The number of aromatic nitrogens is 8. The van der Waals surface area contributed by atoms with Gasteiger partial charge in [-0.25, -0.2) is 8.78 Å². The van der Waals surface area contributed by atoms with E-state index in [1.165, 1.54) is 12.1 Å². The van der Waals surface area contributed by atoms with Gasteiger partial charge in [-0.1, -0.05) is 60.7 Å². The molecule has 12 heteroatoms. The molecule has 272 valence electrons. The molecule has 6 heterocycles. The summed E-state index contributed by atoms with van der Waals surface area (Å²) in [6.07, 6.45) is 7.43. The van der Waals surface area contributed by atoms with Crippen molar-refractivity contribution in [3.05, 3.63) is 170 Å². The van der Waals surface area contributed by atoms with Crippen molar-refractivity contribution in [3.8, 4) is 22.8 Å². The summed E-state index contributed by atoms with van der Waals surface area (Å²) >= 11 is 0. The summed E-state index contributed by atoms with van der Waals surface area (Å²) in [7, 11) is 3.95. The number of hydrogen-bond acceptors (Lipinski definition) is 4. The van der Waals surface area contributed by atoms with Crippen LogP contribution in [-0.4, -0.2) is 29.1 Å². The Balaban J connectivity index is 0.000000137. The van der Waals surface area contributed by atoms with Crippen LogP contribution in [0.4, 0.5) is 8.78 Å². The van der Waals surface area contributed by atoms with E-state index in [9.17, 15) is 8.78 Å². The smallest absolute Gasteiger partial charge is 0.435 e. The minimum atomic E-state index is -0.486. The van der Waals surface area contributed by atoms with E-state index in [0.29, 0.717) is 11.3 Å². The van der Waals surface area contributed by atoms with E-state index in [0.717, 1.165) is 55.4 Å². The third-order valence-corrected chi connectivity index (χ3v) is 8.07. The number of pyridine rings is 2. The van der Waals surface area contributed by atoms with Crippen molar-refractivity contribution in [2.24, 2.45) is 14.1 Å². The van der Waals surface area contributed by atoms with Gasteiger partial charge in [-0.15, -0.1) is 71.8 Å². The zero-order valence-corrected chi connectivity index (χ0v) is 33.4. The molecule has 10 rings (SSSR count). The largest absolute Gasteiger partial charge is 2.00 e. The van der Waals surface area contributed by atoms with Crippen LogP contribution in [0.2, 0.25) is 0 Å². The van der Waals surface area contributed by atoms with Crippen molar-refractivity contribution in [3.63, 3.8) is 0 Å². The number of rotatable bonds is 2. The van der Waals surface area contributed by atoms with Gasteiger partial charge in [0.15, 0.2) is 0 Å². The summed E-state index contributed by atoms with van der Waals surface area (Å²) in [5, 5.41) is 3.86. The van der Waals surface area contributed by atoms with Gasteiger partial charge >= 0.3 is 42.1 Å². The van der Waals surface area contributed by atoms with E-state index >= 15 is 0 Å². The molecule has 0 bridgehead atoms. The first-order chi connectivity index (χ1) is 25.4. The van der Waals surface area contributed by atoms with Gasteiger partial charge in [0.2, 0.25) is 0 Å². The molecule has 0 radical (unpaired) electrons. The summed E-state index contributed by atoms with van der Waals surface area (Å²) in [4.78, 5) is 24.4. The summed E-state index contributed by atoms with van der Waals surface area (Å²) in [6, 6.07) is 43.5. The number of halogens is 2. The molecule has 0 amide bonds. The van der Waals surface area contributed by atoms with E-state index in [-0.39, 0.29) is 42.1 Å². The molecule has 0 saturated heterocycles. The Hall–Kier alpha value is -5.56. The van der Waals surface area contributed by atoms with E-state index in [1.807, 2.05) is 133 Å². The Labute approximate surface area is 338 Å². The van der Waals surface area contributed by atoms with Crippen LogP contribution in [0, 0.1) is 24.0 Å². The topological polar surface area (TPSA) is 89.6 Å². The van der Waals surface area contributed by atoms with Gasteiger partial charge in [-0.3, -0.25) is 9.97 Å². The predicted octanol–water partition coefficient (Wildman–Crippen LogP) is 8.74. The van der Waals surface area contributed by atoms with Gasteiger partial charge in [-0.05, 0) is 56.0 Å². The monoisotopic (exact) mass is 1070 g/mol. The number of aryl methyl sites for hydroxylation is 2. The second-order valence-electron chi connectivity index (χ2n) is 11.5. The number of imidazole rings is 2. The minimum Gasteiger partial charge on any atom is -0.435 e. The second kappa shape index (κ2) is 18.5. The van der Waals surface area contributed by atoms with Gasteiger partial charge in [-0.2, -0.15) is 0 Å². The minimum absolute atomic E-state index is 0. The van der Waals surface area contributed by atoms with Gasteiger partial charge < -0.3 is 29.1 Å². The molecule has 0 atom stereocenters. The number of nitrogens with zero attached hydrogens (tertiary/aromatic N) is 8. The molecule has 0 unspecified atom stereocenters. The van der Waals surface area contributed by atoms with Crippen molar-refractivity contribution < 1.29 is 50.9 Å². The van der Waals surface area contributed by atoms with Crippen LogP contribution in [0.15, 0.2) is 146 Å². The maximum absolute atomic E-state index is 12.8. The van der Waals surface area contributed by atoms with Crippen molar-refractivity contribution in [1.82, 2.24) is 39.0 Å². The predicted molar refractivity (Wildman–Crippen MR) is 200 cm³/mol. The number of para-hydroxylation sites is 2. The van der Waals surface area contributed by atoms with Crippen molar-refractivity contribution >= 4 is 43.9 Å². The molecule has 54 heavy (non-hydrogen) atoms. The molecule has 8 nitrogen and oxygen atoms in total. The van der Waals surface area contributed by atoms with Gasteiger partial charge in [0.25, 0.3) is 0 Å². The third-order valence-electron chi connectivity index (χ3n) is 8.07. The summed E-state index contributed by atoms with van der Waals surface area (Å²) in [6.45, 7) is 0. The quantitative estimate of drug-likeness (QED) is 0.127. The molecule has 0 N–H and O–H groups in total. The standard InChI is InChI=1S/2C11H6FN2.2C10H9N2.2Pt/c2*12-10-6-5-8-7-3-1-2-4-9(7)13-11(8)14-10;2*1-12-8-7-11-10(12)9-5-3-2-4-6-9;;/h2*1-6H;2*2-5,7-8H,1H3;;/q4*-1;2*+2. The maximum Gasteiger partial charge on any atom is 2.00 e. The Bertz CT molecular complexity index is 2520. The zero-order chi connectivity index (χ0) is 35.9. The fourth-order valence-corrected chi connectivity index (χ4v) is 5.58. The zero-order valence-electron chi connectivity index (χ0n) is 28.8. The summed E-state index contributed by atoms with van der Waals surface area (Å²) in [5.41, 5.74) is 4.74. The first kappa shape index (κ1) is 39.6. The Morgan fingerprint density at radius 2 is 0.907 bits per heavy atom. The maximum atomic E-state index is 12.8. The molecule has 10 aromatic rings. The molecular weight excluding hydrogens is 1040 g/mol. The molecule has 0 fully saturated rings. The Morgan fingerprint density at radius 1 is 0.500 bits per heavy atom. The van der Waals surface area contributed by atoms with Crippen LogP contribution in [0.3, 0.4) is 0 Å². The molecule has 0 aliphatic heterocycles. The number of fused-ring (bicyclic) bond motifs is 6. The average Bonchev–Trinajstić information content (AvgIpc) is 3.97. The van der Waals surface area contributed by atoms with E-state index < -0.39 is 11.9 Å². The fourth-order valence-electron chi connectivity index (χ4n) is 5.58. The Morgan fingerprint density at radius 3 is 1.28 bits per heavy atom. The third kappa shape index (κ3) is 9.14. The van der Waals surface area contributed by atoms with E-state index in [1.54, 1.807) is 24.5 Å². The van der Waals surface area contributed by atoms with Gasteiger partial charge in [0.05, 0.1) is 11.6 Å². The van der Waals surface area contributed by atoms with Crippen LogP contribution in [0.1, 0.15) is 0 Å². The first-order valence-electron chi connectivity index (χ1n) is 16.3. The summed E-state index contributed by atoms with van der Waals surface area (Å²) in [5.74, 6) is 0.937. The molecule has 0 aliphatic rings. The van der Waals surface area contributed by atoms with Gasteiger partial charge in [0, 0.05) is 38.9 Å². The van der Waals surface area contributed by atoms with Crippen LogP contribution in [0.5, 0.6) is 0 Å². The SMILES string of the molecule is Cn1ccnc1-c1[c-]cccc1.Cn1ccnc1-c1[c-]cccc1.Fc1ccc2c(n1)[n-]c1ccccc12.Fc1ccc2c(n1)[n-]c1ccccc12.[Pt+2].[Pt+2]. The van der Waals surface area contributed by atoms with Crippen LogP contribution < -0.4 is 9.97 Å². The summed E-state index contributed by atoms with van der Waals surface area (Å²) < 4.78 is 29.6. The van der Waals surface area contributed by atoms with Crippen molar-refractivity contribution in [1.29, 1.82) is 0 Å². The number of hydrogen-bond donors (Lipinski definition) is 0. The van der Waals surface area contributed by atoms with Gasteiger partial charge in [0.1, 0.15) is 11.9 Å². The van der Waals surface area contributed by atoms with E-state index in [4.69, 9.17) is 0 Å². The number of benzene rings is 4. The Kier molecular flexibility index (Phi) is 13.6. The van der Waals surface area contributed by atoms with Crippen LogP contribution in [-0.2, 0) is 56.2 Å². The average molecular weight is 1070 g/mol. The van der Waals surface area contributed by atoms with Crippen LogP contribution in [0.25, 0.3) is 66.6 Å². The normalized spacial score (nSPS) is 10.3. The molecule has 0 aliphatic carbocycles.